The molecule has 0 saturated heterocycles. The van der Waals surface area contributed by atoms with Gasteiger partial charge in [0.2, 0.25) is 0 Å². The van der Waals surface area contributed by atoms with Crippen molar-refractivity contribution in [2.45, 2.75) is 38.8 Å². The van der Waals surface area contributed by atoms with Gasteiger partial charge in [0.15, 0.2) is 0 Å². The predicted octanol–water partition coefficient (Wildman–Crippen LogP) is 3.89. The third-order valence-electron chi connectivity index (χ3n) is 3.65. The van der Waals surface area contributed by atoms with Crippen molar-refractivity contribution < 1.29 is 4.74 Å². The Balaban J connectivity index is 1.86. The topological polar surface area (TPSA) is 35.2 Å². The van der Waals surface area contributed by atoms with Gasteiger partial charge in [0.25, 0.3) is 0 Å². The SMILES string of the molecule is Cc1cc(C)cc(C(N)c2cccc(OC3CC3)c2)c1. The Hall–Kier alpha value is -1.80. The van der Waals surface area contributed by atoms with Gasteiger partial charge in [-0.15, -0.1) is 0 Å². The number of ether oxygens (including phenoxy) is 1. The van der Waals surface area contributed by atoms with E-state index in [1.807, 2.05) is 12.1 Å². The zero-order valence-electron chi connectivity index (χ0n) is 12.1. The molecule has 1 fully saturated rings. The van der Waals surface area contributed by atoms with Crippen molar-refractivity contribution in [3.63, 3.8) is 0 Å². The van der Waals surface area contributed by atoms with Gasteiger partial charge in [0, 0.05) is 0 Å². The van der Waals surface area contributed by atoms with E-state index < -0.39 is 0 Å². The zero-order chi connectivity index (χ0) is 14.1. The van der Waals surface area contributed by atoms with Gasteiger partial charge in [0.1, 0.15) is 5.75 Å². The van der Waals surface area contributed by atoms with Gasteiger partial charge < -0.3 is 10.5 Å². The number of rotatable bonds is 4. The van der Waals surface area contributed by atoms with E-state index in [2.05, 4.69) is 44.2 Å². The van der Waals surface area contributed by atoms with Gasteiger partial charge in [-0.25, -0.2) is 0 Å². The predicted molar refractivity (Wildman–Crippen MR) is 82.0 cm³/mol. The first-order valence-corrected chi connectivity index (χ1v) is 7.22. The quantitative estimate of drug-likeness (QED) is 0.912. The first-order chi connectivity index (χ1) is 9.61. The Morgan fingerprint density at radius 1 is 1.00 bits per heavy atom. The molecule has 0 aromatic heterocycles. The van der Waals surface area contributed by atoms with Gasteiger partial charge in [-0.3, -0.25) is 0 Å². The summed E-state index contributed by atoms with van der Waals surface area (Å²) in [7, 11) is 0. The van der Waals surface area contributed by atoms with Crippen molar-refractivity contribution in [3.8, 4) is 5.75 Å². The highest BCUT2D eigenvalue weighted by Gasteiger charge is 2.23. The molecule has 0 spiro atoms. The van der Waals surface area contributed by atoms with E-state index in [1.165, 1.54) is 24.0 Å². The highest BCUT2D eigenvalue weighted by molar-refractivity contribution is 5.39. The van der Waals surface area contributed by atoms with Crippen LogP contribution >= 0.6 is 0 Å². The summed E-state index contributed by atoms with van der Waals surface area (Å²) in [5.74, 6) is 0.935. The maximum absolute atomic E-state index is 6.41. The average Bonchev–Trinajstić information content (AvgIpc) is 3.21. The summed E-state index contributed by atoms with van der Waals surface area (Å²) >= 11 is 0. The number of hydrogen-bond acceptors (Lipinski definition) is 2. The molecule has 20 heavy (non-hydrogen) atoms. The van der Waals surface area contributed by atoms with Crippen LogP contribution in [-0.4, -0.2) is 6.10 Å². The minimum Gasteiger partial charge on any atom is -0.490 e. The standard InChI is InChI=1S/C18H21NO/c1-12-8-13(2)10-15(9-12)18(19)14-4-3-5-17(11-14)20-16-6-7-16/h3-5,8-11,16,18H,6-7,19H2,1-2H3. The first kappa shape index (κ1) is 13.2. The molecule has 3 rings (SSSR count). The Morgan fingerprint density at radius 3 is 2.35 bits per heavy atom. The van der Waals surface area contributed by atoms with E-state index in [9.17, 15) is 0 Å². The molecule has 1 saturated carbocycles. The van der Waals surface area contributed by atoms with Crippen molar-refractivity contribution in [1.29, 1.82) is 0 Å². The van der Waals surface area contributed by atoms with Crippen LogP contribution in [0.3, 0.4) is 0 Å². The molecule has 2 heteroatoms. The summed E-state index contributed by atoms with van der Waals surface area (Å²) in [6.45, 7) is 4.21. The summed E-state index contributed by atoms with van der Waals surface area (Å²) in [6, 6.07) is 14.6. The summed E-state index contributed by atoms with van der Waals surface area (Å²) in [5.41, 5.74) is 11.2. The van der Waals surface area contributed by atoms with Gasteiger partial charge in [-0.2, -0.15) is 0 Å². The van der Waals surface area contributed by atoms with Crippen molar-refractivity contribution in [2.24, 2.45) is 5.73 Å². The average molecular weight is 267 g/mol. The van der Waals surface area contributed by atoms with Crippen molar-refractivity contribution in [2.75, 3.05) is 0 Å². The van der Waals surface area contributed by atoms with Crippen LogP contribution in [0.4, 0.5) is 0 Å². The van der Waals surface area contributed by atoms with Gasteiger partial charge in [-0.1, -0.05) is 41.5 Å². The van der Waals surface area contributed by atoms with Crippen molar-refractivity contribution >= 4 is 0 Å². The third-order valence-corrected chi connectivity index (χ3v) is 3.65. The number of benzene rings is 2. The van der Waals surface area contributed by atoms with Gasteiger partial charge in [0.05, 0.1) is 12.1 Å². The van der Waals surface area contributed by atoms with E-state index in [0.29, 0.717) is 6.10 Å². The van der Waals surface area contributed by atoms with Crippen LogP contribution in [0, 0.1) is 13.8 Å². The van der Waals surface area contributed by atoms with E-state index in [0.717, 1.165) is 16.9 Å². The molecule has 2 aromatic carbocycles. The van der Waals surface area contributed by atoms with Crippen LogP contribution in [0.15, 0.2) is 42.5 Å². The number of aryl methyl sites for hydroxylation is 2. The lowest BCUT2D eigenvalue weighted by molar-refractivity contribution is 0.303. The summed E-state index contributed by atoms with van der Waals surface area (Å²) in [5, 5.41) is 0. The van der Waals surface area contributed by atoms with Gasteiger partial charge in [-0.05, 0) is 49.9 Å². The largest absolute Gasteiger partial charge is 0.490 e. The lowest BCUT2D eigenvalue weighted by Gasteiger charge is -2.15. The number of nitrogens with two attached hydrogens (primary N) is 1. The molecule has 1 aliphatic rings. The Bertz CT molecular complexity index is 596. The molecule has 0 bridgehead atoms. The second-order valence-corrected chi connectivity index (χ2v) is 5.79. The molecule has 2 aromatic rings. The van der Waals surface area contributed by atoms with Crippen LogP contribution in [0.1, 0.15) is 41.1 Å². The zero-order valence-corrected chi connectivity index (χ0v) is 12.1. The highest BCUT2D eigenvalue weighted by Crippen LogP contribution is 2.29. The smallest absolute Gasteiger partial charge is 0.120 e. The Kier molecular flexibility index (Phi) is 3.49. The third kappa shape index (κ3) is 3.02. The minimum atomic E-state index is -0.101. The molecule has 0 aliphatic heterocycles. The lowest BCUT2D eigenvalue weighted by Crippen LogP contribution is -2.12. The van der Waals surface area contributed by atoms with Crippen LogP contribution in [0.5, 0.6) is 5.75 Å². The van der Waals surface area contributed by atoms with E-state index in [4.69, 9.17) is 10.5 Å². The fourth-order valence-corrected chi connectivity index (χ4v) is 2.54. The maximum Gasteiger partial charge on any atom is 0.120 e. The number of hydrogen-bond donors (Lipinski definition) is 1. The molecule has 2 nitrogen and oxygen atoms in total. The molecule has 1 unspecified atom stereocenters. The summed E-state index contributed by atoms with van der Waals surface area (Å²) in [6.07, 6.45) is 2.77. The Labute approximate surface area is 120 Å². The molecule has 1 aliphatic carbocycles. The highest BCUT2D eigenvalue weighted by atomic mass is 16.5. The van der Waals surface area contributed by atoms with Gasteiger partial charge >= 0.3 is 0 Å². The van der Waals surface area contributed by atoms with E-state index >= 15 is 0 Å². The van der Waals surface area contributed by atoms with E-state index in [-0.39, 0.29) is 6.04 Å². The minimum absolute atomic E-state index is 0.101. The van der Waals surface area contributed by atoms with Crippen LogP contribution in [-0.2, 0) is 0 Å². The fraction of sp³-hybridized carbons (Fsp3) is 0.333. The van der Waals surface area contributed by atoms with Crippen molar-refractivity contribution in [1.82, 2.24) is 0 Å². The molecule has 0 heterocycles. The van der Waals surface area contributed by atoms with Crippen molar-refractivity contribution in [3.05, 3.63) is 64.7 Å². The summed E-state index contributed by atoms with van der Waals surface area (Å²) < 4.78 is 5.84. The second-order valence-electron chi connectivity index (χ2n) is 5.79. The normalized spacial score (nSPS) is 15.9. The molecular weight excluding hydrogens is 246 g/mol. The van der Waals surface area contributed by atoms with Crippen LogP contribution in [0.2, 0.25) is 0 Å². The van der Waals surface area contributed by atoms with E-state index in [1.54, 1.807) is 0 Å². The molecule has 0 amide bonds. The molecular formula is C18H21NO. The molecule has 2 N–H and O–H groups in total. The lowest BCUT2D eigenvalue weighted by atomic mass is 9.96. The first-order valence-electron chi connectivity index (χ1n) is 7.22. The maximum atomic E-state index is 6.41. The van der Waals surface area contributed by atoms with Crippen LogP contribution < -0.4 is 10.5 Å². The van der Waals surface area contributed by atoms with Crippen LogP contribution in [0.25, 0.3) is 0 Å². The fourth-order valence-electron chi connectivity index (χ4n) is 2.54. The summed E-state index contributed by atoms with van der Waals surface area (Å²) in [4.78, 5) is 0. The molecule has 104 valence electrons. The monoisotopic (exact) mass is 267 g/mol. The Morgan fingerprint density at radius 2 is 1.70 bits per heavy atom. The second kappa shape index (κ2) is 5.29. The molecule has 1 atom stereocenters. The molecule has 0 radical (unpaired) electrons.